The average molecular weight is 280 g/mol. The van der Waals surface area contributed by atoms with E-state index in [0.29, 0.717) is 12.0 Å². The van der Waals surface area contributed by atoms with Crippen molar-refractivity contribution < 1.29 is 4.74 Å². The largest absolute Gasteiger partial charge is 0.494 e. The number of ether oxygens (including phenoxy) is 1. The first-order chi connectivity index (χ1) is 10.3. The standard InChI is InChI=1S/C17H16N2O2/c1-2-11-21-13-9-7-12(8-10-13)16-14-5-3-4-6-15(14)17(20)19-18-16/h3-10H,2,11H2,1H3,(H,19,20). The van der Waals surface area contributed by atoms with Crippen LogP contribution in [-0.2, 0) is 0 Å². The molecule has 3 aromatic rings. The highest BCUT2D eigenvalue weighted by Crippen LogP contribution is 2.25. The zero-order valence-corrected chi connectivity index (χ0v) is 11.8. The Morgan fingerprint density at radius 2 is 1.76 bits per heavy atom. The Labute approximate surface area is 122 Å². The number of H-pyrrole nitrogens is 1. The lowest BCUT2D eigenvalue weighted by atomic mass is 10.1. The Kier molecular flexibility index (Phi) is 3.69. The minimum atomic E-state index is -0.169. The van der Waals surface area contributed by atoms with Crippen LogP contribution in [0.25, 0.3) is 22.0 Å². The number of fused-ring (bicyclic) bond motifs is 1. The van der Waals surface area contributed by atoms with Crippen LogP contribution in [0.5, 0.6) is 5.75 Å². The van der Waals surface area contributed by atoms with E-state index in [1.54, 1.807) is 6.07 Å². The summed E-state index contributed by atoms with van der Waals surface area (Å²) < 4.78 is 5.57. The third-order valence-electron chi connectivity index (χ3n) is 3.30. The maximum Gasteiger partial charge on any atom is 0.272 e. The number of benzene rings is 2. The molecule has 4 heteroatoms. The van der Waals surface area contributed by atoms with E-state index in [1.165, 1.54) is 0 Å². The zero-order chi connectivity index (χ0) is 14.7. The SMILES string of the molecule is CCCOc1ccc(-c2n[nH]c(=O)c3ccccc23)cc1. The minimum absolute atomic E-state index is 0.169. The van der Waals surface area contributed by atoms with Gasteiger partial charge in [0.05, 0.1) is 17.7 Å². The normalized spacial score (nSPS) is 10.7. The molecule has 106 valence electrons. The molecule has 1 aromatic heterocycles. The van der Waals surface area contributed by atoms with Crippen molar-refractivity contribution in [2.45, 2.75) is 13.3 Å². The van der Waals surface area contributed by atoms with Crippen LogP contribution in [-0.4, -0.2) is 16.8 Å². The zero-order valence-electron chi connectivity index (χ0n) is 11.8. The van der Waals surface area contributed by atoms with Crippen LogP contribution in [0.1, 0.15) is 13.3 Å². The van der Waals surface area contributed by atoms with Crippen LogP contribution in [0.3, 0.4) is 0 Å². The Bertz CT molecular complexity index is 807. The van der Waals surface area contributed by atoms with Gasteiger partial charge in [0.1, 0.15) is 5.75 Å². The smallest absolute Gasteiger partial charge is 0.272 e. The molecule has 0 unspecified atom stereocenters. The lowest BCUT2D eigenvalue weighted by Crippen LogP contribution is -2.09. The summed E-state index contributed by atoms with van der Waals surface area (Å²) >= 11 is 0. The Morgan fingerprint density at radius 3 is 2.48 bits per heavy atom. The molecule has 0 aliphatic carbocycles. The first-order valence-electron chi connectivity index (χ1n) is 7.00. The summed E-state index contributed by atoms with van der Waals surface area (Å²) in [7, 11) is 0. The number of nitrogens with one attached hydrogen (secondary N) is 1. The summed E-state index contributed by atoms with van der Waals surface area (Å²) in [5, 5.41) is 8.24. The van der Waals surface area contributed by atoms with E-state index in [2.05, 4.69) is 17.1 Å². The number of aromatic nitrogens is 2. The molecule has 0 radical (unpaired) electrons. The third-order valence-corrected chi connectivity index (χ3v) is 3.30. The molecule has 3 rings (SSSR count). The molecular weight excluding hydrogens is 264 g/mol. The summed E-state index contributed by atoms with van der Waals surface area (Å²) in [6.45, 7) is 2.78. The topological polar surface area (TPSA) is 55.0 Å². The van der Waals surface area contributed by atoms with Gasteiger partial charge in [0.25, 0.3) is 5.56 Å². The van der Waals surface area contributed by atoms with E-state index < -0.39 is 0 Å². The summed E-state index contributed by atoms with van der Waals surface area (Å²) in [5.41, 5.74) is 1.55. The van der Waals surface area contributed by atoms with Gasteiger partial charge in [-0.05, 0) is 36.8 Å². The number of aromatic amines is 1. The van der Waals surface area contributed by atoms with Gasteiger partial charge in [-0.2, -0.15) is 5.10 Å². The predicted molar refractivity (Wildman–Crippen MR) is 83.6 cm³/mol. The molecular formula is C17H16N2O2. The highest BCUT2D eigenvalue weighted by atomic mass is 16.5. The van der Waals surface area contributed by atoms with Gasteiger partial charge in [0.2, 0.25) is 0 Å². The van der Waals surface area contributed by atoms with E-state index >= 15 is 0 Å². The van der Waals surface area contributed by atoms with Gasteiger partial charge < -0.3 is 4.74 Å². The first kappa shape index (κ1) is 13.4. The van der Waals surface area contributed by atoms with Gasteiger partial charge in [0, 0.05) is 10.9 Å². The molecule has 1 N–H and O–H groups in total. The van der Waals surface area contributed by atoms with E-state index in [1.807, 2.05) is 42.5 Å². The molecule has 0 spiro atoms. The van der Waals surface area contributed by atoms with Crippen LogP contribution in [0, 0.1) is 0 Å². The second-order valence-corrected chi connectivity index (χ2v) is 4.82. The lowest BCUT2D eigenvalue weighted by Gasteiger charge is -2.07. The summed E-state index contributed by atoms with van der Waals surface area (Å²) in [6.07, 6.45) is 0.980. The molecule has 21 heavy (non-hydrogen) atoms. The second-order valence-electron chi connectivity index (χ2n) is 4.82. The van der Waals surface area contributed by atoms with Crippen molar-refractivity contribution >= 4 is 10.8 Å². The van der Waals surface area contributed by atoms with Gasteiger partial charge in [-0.25, -0.2) is 5.10 Å². The van der Waals surface area contributed by atoms with Gasteiger partial charge in [0.15, 0.2) is 0 Å². The van der Waals surface area contributed by atoms with E-state index in [-0.39, 0.29) is 5.56 Å². The maximum absolute atomic E-state index is 11.8. The van der Waals surface area contributed by atoms with Crippen molar-refractivity contribution in [1.29, 1.82) is 0 Å². The molecule has 0 atom stereocenters. The number of nitrogens with zero attached hydrogens (tertiary/aromatic N) is 1. The molecule has 4 nitrogen and oxygen atoms in total. The Balaban J connectivity index is 2.04. The maximum atomic E-state index is 11.8. The van der Waals surface area contributed by atoms with Crippen molar-refractivity contribution in [2.24, 2.45) is 0 Å². The molecule has 0 amide bonds. The van der Waals surface area contributed by atoms with E-state index in [9.17, 15) is 4.79 Å². The van der Waals surface area contributed by atoms with Crippen molar-refractivity contribution in [3.8, 4) is 17.0 Å². The molecule has 0 fully saturated rings. The molecule has 2 aromatic carbocycles. The molecule has 0 saturated heterocycles. The quantitative estimate of drug-likeness (QED) is 0.797. The monoisotopic (exact) mass is 280 g/mol. The van der Waals surface area contributed by atoms with Crippen molar-refractivity contribution in [3.05, 3.63) is 58.9 Å². The van der Waals surface area contributed by atoms with Crippen molar-refractivity contribution in [2.75, 3.05) is 6.61 Å². The highest BCUT2D eigenvalue weighted by Gasteiger charge is 2.08. The van der Waals surface area contributed by atoms with Gasteiger partial charge in [-0.15, -0.1) is 0 Å². The van der Waals surface area contributed by atoms with E-state index in [0.717, 1.165) is 28.8 Å². The van der Waals surface area contributed by atoms with E-state index in [4.69, 9.17) is 4.74 Å². The number of hydrogen-bond acceptors (Lipinski definition) is 3. The summed E-state index contributed by atoms with van der Waals surface area (Å²) in [4.78, 5) is 11.8. The number of hydrogen-bond donors (Lipinski definition) is 1. The molecule has 1 heterocycles. The average Bonchev–Trinajstić information content (AvgIpc) is 2.54. The summed E-state index contributed by atoms with van der Waals surface area (Å²) in [6, 6.07) is 15.2. The van der Waals surface area contributed by atoms with Gasteiger partial charge >= 0.3 is 0 Å². The fraction of sp³-hybridized carbons (Fsp3) is 0.176. The third kappa shape index (κ3) is 2.65. The predicted octanol–water partition coefficient (Wildman–Crippen LogP) is 3.38. The number of rotatable bonds is 4. The second kappa shape index (κ2) is 5.79. The molecule has 0 aliphatic heterocycles. The van der Waals surface area contributed by atoms with Crippen LogP contribution in [0.2, 0.25) is 0 Å². The van der Waals surface area contributed by atoms with Crippen LogP contribution in [0.4, 0.5) is 0 Å². The van der Waals surface area contributed by atoms with Crippen molar-refractivity contribution in [1.82, 2.24) is 10.2 Å². The first-order valence-corrected chi connectivity index (χ1v) is 7.00. The van der Waals surface area contributed by atoms with Gasteiger partial charge in [-0.3, -0.25) is 4.79 Å². The fourth-order valence-electron chi connectivity index (χ4n) is 2.26. The highest BCUT2D eigenvalue weighted by molar-refractivity contribution is 5.93. The van der Waals surface area contributed by atoms with Crippen LogP contribution < -0.4 is 10.3 Å². The minimum Gasteiger partial charge on any atom is -0.494 e. The van der Waals surface area contributed by atoms with Crippen molar-refractivity contribution in [3.63, 3.8) is 0 Å². The Morgan fingerprint density at radius 1 is 1.05 bits per heavy atom. The molecule has 0 bridgehead atoms. The van der Waals surface area contributed by atoms with Gasteiger partial charge in [-0.1, -0.05) is 25.1 Å². The van der Waals surface area contributed by atoms with Crippen LogP contribution in [0.15, 0.2) is 53.3 Å². The summed E-state index contributed by atoms with van der Waals surface area (Å²) in [5.74, 6) is 0.842. The fourth-order valence-corrected chi connectivity index (χ4v) is 2.26. The molecule has 0 aliphatic rings. The lowest BCUT2D eigenvalue weighted by molar-refractivity contribution is 0.317. The Hall–Kier alpha value is -2.62. The molecule has 0 saturated carbocycles. The van der Waals surface area contributed by atoms with Crippen LogP contribution >= 0.6 is 0 Å².